The van der Waals surface area contributed by atoms with Gasteiger partial charge in [0.15, 0.2) is 6.61 Å². The third kappa shape index (κ3) is 5.68. The maximum Gasteiger partial charge on any atom is 0.440 e. The van der Waals surface area contributed by atoms with E-state index in [1.165, 1.54) is 0 Å². The van der Waals surface area contributed by atoms with Gasteiger partial charge in [0.05, 0.1) is 0 Å². The Balaban J connectivity index is 3.39. The predicted octanol–water partition coefficient (Wildman–Crippen LogP) is 1.01. The molecule has 0 unspecified atom stereocenters. The minimum atomic E-state index is -1.03. The predicted molar refractivity (Wildman–Crippen MR) is 36.8 cm³/mol. The molecule has 0 rings (SSSR count). The molecule has 0 aliphatic rings. The van der Waals surface area contributed by atoms with Crippen LogP contribution in [-0.2, 0) is 4.74 Å². The van der Waals surface area contributed by atoms with E-state index in [4.69, 9.17) is 23.6 Å². The number of rotatable bonds is 3. The number of hydrogen-bond acceptors (Lipinski definition) is 4. The van der Waals surface area contributed by atoms with Gasteiger partial charge >= 0.3 is 6.09 Å². The van der Waals surface area contributed by atoms with Gasteiger partial charge in [-0.2, -0.15) is 0 Å². The van der Waals surface area contributed by atoms with E-state index in [0.29, 0.717) is 0 Å². The van der Waals surface area contributed by atoms with Crippen LogP contribution in [0.15, 0.2) is 0 Å². The molecule has 1 amide bonds. The van der Waals surface area contributed by atoms with Crippen LogP contribution >= 0.6 is 23.6 Å². The van der Waals surface area contributed by atoms with E-state index in [-0.39, 0.29) is 10.5 Å². The highest BCUT2D eigenvalue weighted by molar-refractivity contribution is 6.40. The van der Waals surface area contributed by atoms with Gasteiger partial charge in [0.2, 0.25) is 6.54 Å². The molecule has 0 bridgehead atoms. The molecular formula is C3H4Cl2N2O4. The molecule has 0 aromatic carbocycles. The molecule has 0 spiro atoms. The van der Waals surface area contributed by atoms with Crippen molar-refractivity contribution >= 4 is 29.6 Å². The van der Waals surface area contributed by atoms with E-state index in [1.807, 2.05) is 0 Å². The molecule has 64 valence electrons. The summed E-state index contributed by atoms with van der Waals surface area (Å²) < 4.78 is 4.35. The fraction of sp³-hybridized carbons (Fsp3) is 0.667. The summed E-state index contributed by atoms with van der Waals surface area (Å²) in [7, 11) is 0. The second-order valence-electron chi connectivity index (χ2n) is 1.40. The van der Waals surface area contributed by atoms with Gasteiger partial charge in [-0.15, -0.1) is 3.94 Å². The summed E-state index contributed by atoms with van der Waals surface area (Å²) in [4.78, 5) is 19.4. The lowest BCUT2D eigenvalue weighted by Gasteiger charge is -2.02. The first-order valence-corrected chi connectivity index (χ1v) is 3.12. The van der Waals surface area contributed by atoms with Crippen LogP contribution in [0.5, 0.6) is 0 Å². The van der Waals surface area contributed by atoms with E-state index < -0.39 is 17.6 Å². The molecule has 0 atom stereocenters. The Morgan fingerprint density at radius 2 is 2.18 bits per heavy atom. The molecule has 0 aromatic heterocycles. The average Bonchev–Trinajstić information content (AvgIpc) is 1.86. The number of nitro groups is 1. The summed E-state index contributed by atoms with van der Waals surface area (Å²) in [6, 6.07) is 0. The minimum Gasteiger partial charge on any atom is -0.441 e. The molecule has 0 saturated carbocycles. The molecule has 0 aromatic rings. The van der Waals surface area contributed by atoms with Crippen LogP contribution in [0.1, 0.15) is 0 Å². The summed E-state index contributed by atoms with van der Waals surface area (Å²) in [6.07, 6.45) is -1.03. The molecule has 0 aliphatic heterocycles. The number of carbonyl (C=O) groups is 1. The van der Waals surface area contributed by atoms with Gasteiger partial charge in [0.1, 0.15) is 0 Å². The van der Waals surface area contributed by atoms with Crippen LogP contribution in [0, 0.1) is 10.1 Å². The third-order valence-electron chi connectivity index (χ3n) is 0.637. The van der Waals surface area contributed by atoms with E-state index in [1.54, 1.807) is 0 Å². The Kier molecular flexibility index (Phi) is 4.64. The van der Waals surface area contributed by atoms with Crippen molar-refractivity contribution < 1.29 is 14.5 Å². The fourth-order valence-electron chi connectivity index (χ4n) is 0.256. The Bertz CT molecular complexity index is 161. The van der Waals surface area contributed by atoms with Crippen LogP contribution in [-0.4, -0.2) is 28.1 Å². The van der Waals surface area contributed by atoms with Crippen LogP contribution in [0.3, 0.4) is 0 Å². The van der Waals surface area contributed by atoms with Gasteiger partial charge in [-0.1, -0.05) is 0 Å². The summed E-state index contributed by atoms with van der Waals surface area (Å²) >= 11 is 9.80. The normalized spacial score (nSPS) is 8.91. The second-order valence-corrected chi connectivity index (χ2v) is 2.25. The van der Waals surface area contributed by atoms with Gasteiger partial charge in [-0.05, 0) is 0 Å². The molecule has 0 heterocycles. The molecule has 0 aliphatic carbocycles. The maximum atomic E-state index is 10.3. The van der Waals surface area contributed by atoms with Crippen molar-refractivity contribution in [2.45, 2.75) is 0 Å². The lowest BCUT2D eigenvalue weighted by atomic mass is 10.7. The zero-order chi connectivity index (χ0) is 8.85. The lowest BCUT2D eigenvalue weighted by molar-refractivity contribution is -0.482. The highest BCUT2D eigenvalue weighted by atomic mass is 35.5. The first-order chi connectivity index (χ1) is 5.04. The molecule has 0 radical (unpaired) electrons. The van der Waals surface area contributed by atoms with E-state index in [0.717, 1.165) is 0 Å². The topological polar surface area (TPSA) is 72.7 Å². The average molecular weight is 203 g/mol. The number of ether oxygens (including phenoxy) is 1. The van der Waals surface area contributed by atoms with Gasteiger partial charge in [0.25, 0.3) is 0 Å². The van der Waals surface area contributed by atoms with Gasteiger partial charge in [0, 0.05) is 28.5 Å². The zero-order valence-electron chi connectivity index (χ0n) is 5.20. The Morgan fingerprint density at radius 3 is 2.55 bits per heavy atom. The maximum absolute atomic E-state index is 10.3. The summed E-state index contributed by atoms with van der Waals surface area (Å²) in [5.74, 6) is 0. The van der Waals surface area contributed by atoms with Crippen molar-refractivity contribution in [1.29, 1.82) is 0 Å². The zero-order valence-corrected chi connectivity index (χ0v) is 6.71. The van der Waals surface area contributed by atoms with Gasteiger partial charge < -0.3 is 4.74 Å². The summed E-state index contributed by atoms with van der Waals surface area (Å²) in [6.45, 7) is -0.810. The number of carbonyl (C=O) groups excluding carboxylic acids is 1. The van der Waals surface area contributed by atoms with Crippen LogP contribution in [0.4, 0.5) is 4.79 Å². The number of amides is 1. The molecule has 11 heavy (non-hydrogen) atoms. The van der Waals surface area contributed by atoms with Gasteiger partial charge in [-0.25, -0.2) is 4.79 Å². The van der Waals surface area contributed by atoms with E-state index in [9.17, 15) is 14.9 Å². The number of hydrogen-bond donors (Lipinski definition) is 0. The highest BCUT2D eigenvalue weighted by Gasteiger charge is 2.10. The smallest absolute Gasteiger partial charge is 0.440 e. The number of halogens is 2. The third-order valence-corrected chi connectivity index (χ3v) is 0.913. The highest BCUT2D eigenvalue weighted by Crippen LogP contribution is 2.01. The number of nitrogens with zero attached hydrogens (tertiary/aromatic N) is 2. The van der Waals surface area contributed by atoms with Crippen molar-refractivity contribution in [3.8, 4) is 0 Å². The standard InChI is InChI=1S/C3H4Cl2N2O4/c4-7(5)3(8)11-2-1-6(9)10/h1-2H2. The molecule has 6 nitrogen and oxygen atoms in total. The molecule has 0 saturated heterocycles. The minimum absolute atomic E-state index is 0.153. The molecule has 0 fully saturated rings. The van der Waals surface area contributed by atoms with Crippen molar-refractivity contribution in [2.75, 3.05) is 13.2 Å². The quantitative estimate of drug-likeness (QED) is 0.389. The Labute approximate surface area is 72.0 Å². The SMILES string of the molecule is O=C(OCC[N+](=O)[O-])N(Cl)Cl. The van der Waals surface area contributed by atoms with Gasteiger partial charge in [-0.3, -0.25) is 10.1 Å². The Morgan fingerprint density at radius 1 is 1.64 bits per heavy atom. The summed E-state index contributed by atoms with van der Waals surface area (Å²) in [5, 5.41) is 9.69. The van der Waals surface area contributed by atoms with Crippen LogP contribution in [0.2, 0.25) is 0 Å². The van der Waals surface area contributed by atoms with Crippen LogP contribution in [0.25, 0.3) is 0 Å². The second kappa shape index (κ2) is 4.97. The van der Waals surface area contributed by atoms with E-state index in [2.05, 4.69) is 4.74 Å². The van der Waals surface area contributed by atoms with Crippen molar-refractivity contribution in [2.24, 2.45) is 0 Å². The lowest BCUT2D eigenvalue weighted by Crippen LogP contribution is -2.18. The first kappa shape index (κ1) is 10.2. The molecule has 8 heteroatoms. The Hall–Kier alpha value is -0.750. The largest absolute Gasteiger partial charge is 0.441 e. The molecular weight excluding hydrogens is 199 g/mol. The van der Waals surface area contributed by atoms with Crippen LogP contribution < -0.4 is 0 Å². The molecule has 0 N–H and O–H groups in total. The van der Waals surface area contributed by atoms with Crippen molar-refractivity contribution in [3.05, 3.63) is 10.1 Å². The summed E-state index contributed by atoms with van der Waals surface area (Å²) in [5.41, 5.74) is 0. The fourth-order valence-corrected chi connectivity index (χ4v) is 0.354. The monoisotopic (exact) mass is 202 g/mol. The van der Waals surface area contributed by atoms with Crippen molar-refractivity contribution in [1.82, 2.24) is 3.94 Å². The van der Waals surface area contributed by atoms with Crippen molar-refractivity contribution in [3.63, 3.8) is 0 Å². The van der Waals surface area contributed by atoms with E-state index >= 15 is 0 Å². The first-order valence-electron chi connectivity index (χ1n) is 2.44.